The zero-order chi connectivity index (χ0) is 23.8. The maximum Gasteiger partial charge on any atom is 0.490 e. The SMILES string of the molecule is O=C(CC1CCCC1)N1Cc2cccn2CC(OCc2cccnc2)C1.O=C(O)C(F)(F)F. The second-order valence-corrected chi connectivity index (χ2v) is 8.38. The van der Waals surface area contributed by atoms with Gasteiger partial charge in [-0.2, -0.15) is 13.2 Å². The number of carbonyl (C=O) groups excluding carboxylic acids is 1. The van der Waals surface area contributed by atoms with Crippen LogP contribution in [-0.4, -0.2) is 50.3 Å². The first kappa shape index (κ1) is 24.8. The predicted molar refractivity (Wildman–Crippen MR) is 113 cm³/mol. The molecule has 1 aliphatic heterocycles. The van der Waals surface area contributed by atoms with E-state index in [9.17, 15) is 18.0 Å². The van der Waals surface area contributed by atoms with Gasteiger partial charge in [-0.25, -0.2) is 4.79 Å². The molecule has 1 aliphatic carbocycles. The third-order valence-corrected chi connectivity index (χ3v) is 5.84. The maximum atomic E-state index is 12.9. The van der Waals surface area contributed by atoms with Gasteiger partial charge >= 0.3 is 12.1 Å². The molecule has 1 unspecified atom stereocenters. The molecule has 1 N–H and O–H groups in total. The smallest absolute Gasteiger partial charge is 0.475 e. The van der Waals surface area contributed by atoms with Gasteiger partial charge in [0.05, 0.1) is 25.8 Å². The van der Waals surface area contributed by atoms with E-state index < -0.39 is 12.1 Å². The molecule has 0 aromatic carbocycles. The Kier molecular flexibility index (Phi) is 8.49. The van der Waals surface area contributed by atoms with Gasteiger partial charge in [-0.05, 0) is 42.5 Å². The van der Waals surface area contributed by atoms with Crippen LogP contribution in [0, 0.1) is 5.92 Å². The summed E-state index contributed by atoms with van der Waals surface area (Å²) in [5.41, 5.74) is 2.26. The lowest BCUT2D eigenvalue weighted by Gasteiger charge is -2.25. The van der Waals surface area contributed by atoms with Gasteiger partial charge in [0, 0.05) is 37.3 Å². The zero-order valence-electron chi connectivity index (χ0n) is 18.2. The molecule has 1 amide bonds. The highest BCUT2D eigenvalue weighted by atomic mass is 19.4. The molecule has 2 aliphatic rings. The Balaban J connectivity index is 0.000000383. The third kappa shape index (κ3) is 7.59. The lowest BCUT2D eigenvalue weighted by molar-refractivity contribution is -0.192. The average Bonchev–Trinajstić information content (AvgIpc) is 3.41. The fraction of sp³-hybridized carbons (Fsp3) is 0.522. The number of ether oxygens (including phenoxy) is 1. The van der Waals surface area contributed by atoms with Crippen LogP contribution in [0.25, 0.3) is 0 Å². The van der Waals surface area contributed by atoms with Crippen molar-refractivity contribution in [3.8, 4) is 0 Å². The number of alkyl halides is 3. The number of aliphatic carboxylic acids is 1. The number of aromatic nitrogens is 2. The number of amides is 1. The number of fused-ring (bicyclic) bond motifs is 1. The van der Waals surface area contributed by atoms with Crippen molar-refractivity contribution in [3.05, 3.63) is 54.1 Å². The van der Waals surface area contributed by atoms with E-state index in [0.29, 0.717) is 32.0 Å². The maximum absolute atomic E-state index is 12.9. The van der Waals surface area contributed by atoms with Crippen molar-refractivity contribution < 1.29 is 32.6 Å². The molecule has 0 bridgehead atoms. The monoisotopic (exact) mass is 467 g/mol. The summed E-state index contributed by atoms with van der Waals surface area (Å²) in [5.74, 6) is -1.90. The van der Waals surface area contributed by atoms with E-state index in [-0.39, 0.29) is 12.0 Å². The number of hydrogen-bond donors (Lipinski definition) is 1. The Morgan fingerprint density at radius 3 is 2.52 bits per heavy atom. The summed E-state index contributed by atoms with van der Waals surface area (Å²) < 4.78 is 40.1. The molecule has 1 atom stereocenters. The molecular formula is C23H28F3N3O4. The van der Waals surface area contributed by atoms with Crippen LogP contribution in [0.2, 0.25) is 0 Å². The van der Waals surface area contributed by atoms with Gasteiger partial charge in [-0.1, -0.05) is 18.9 Å². The van der Waals surface area contributed by atoms with Gasteiger partial charge in [-0.15, -0.1) is 0 Å². The second-order valence-electron chi connectivity index (χ2n) is 8.38. The summed E-state index contributed by atoms with van der Waals surface area (Å²) in [6.07, 6.45) is 6.25. The minimum atomic E-state index is -5.08. The first-order valence-electron chi connectivity index (χ1n) is 10.9. The normalized spacial score (nSPS) is 18.8. The number of carboxylic acid groups (broad SMARTS) is 1. The van der Waals surface area contributed by atoms with Crippen LogP contribution in [0.1, 0.15) is 43.4 Å². The van der Waals surface area contributed by atoms with Crippen LogP contribution in [0.15, 0.2) is 42.9 Å². The summed E-state index contributed by atoms with van der Waals surface area (Å²) >= 11 is 0. The number of halogens is 3. The zero-order valence-corrected chi connectivity index (χ0v) is 18.2. The molecule has 10 heteroatoms. The molecule has 7 nitrogen and oxygen atoms in total. The molecule has 180 valence electrons. The van der Waals surface area contributed by atoms with Gasteiger partial charge < -0.3 is 19.3 Å². The van der Waals surface area contributed by atoms with Crippen LogP contribution >= 0.6 is 0 Å². The number of nitrogens with zero attached hydrogens (tertiary/aromatic N) is 3. The topological polar surface area (TPSA) is 84.7 Å². The van der Waals surface area contributed by atoms with Gasteiger partial charge in [-0.3, -0.25) is 9.78 Å². The molecule has 33 heavy (non-hydrogen) atoms. The van der Waals surface area contributed by atoms with E-state index in [1.165, 1.54) is 31.4 Å². The van der Waals surface area contributed by atoms with Crippen LogP contribution < -0.4 is 0 Å². The number of carboxylic acids is 1. The first-order chi connectivity index (χ1) is 15.7. The van der Waals surface area contributed by atoms with E-state index in [1.807, 2.05) is 23.2 Å². The van der Waals surface area contributed by atoms with E-state index in [4.69, 9.17) is 14.6 Å². The summed E-state index contributed by atoms with van der Waals surface area (Å²) in [6, 6.07) is 8.11. The van der Waals surface area contributed by atoms with Crippen LogP contribution in [0.4, 0.5) is 13.2 Å². The molecule has 3 heterocycles. The van der Waals surface area contributed by atoms with Crippen molar-refractivity contribution in [1.29, 1.82) is 0 Å². The van der Waals surface area contributed by atoms with Crippen molar-refractivity contribution in [3.63, 3.8) is 0 Å². The van der Waals surface area contributed by atoms with E-state index in [0.717, 1.165) is 12.1 Å². The standard InChI is InChI=1S/C21H27N3O2.C2HF3O2/c25-21(11-17-5-1-2-6-17)24-13-19-8-4-10-23(19)14-20(15-24)26-16-18-7-3-9-22-12-18;3-2(4,5)1(6)7/h3-4,7-10,12,17,20H,1-2,5-6,11,13-16H2;(H,6,7). The van der Waals surface area contributed by atoms with Crippen molar-refractivity contribution in [1.82, 2.24) is 14.5 Å². The largest absolute Gasteiger partial charge is 0.490 e. The van der Waals surface area contributed by atoms with Gasteiger partial charge in [0.25, 0.3) is 0 Å². The molecule has 1 fully saturated rings. The van der Waals surface area contributed by atoms with Crippen molar-refractivity contribution in [2.75, 3.05) is 6.54 Å². The van der Waals surface area contributed by atoms with Gasteiger partial charge in [0.15, 0.2) is 0 Å². The Bertz CT molecular complexity index is 911. The summed E-state index contributed by atoms with van der Waals surface area (Å²) in [5, 5.41) is 7.12. The van der Waals surface area contributed by atoms with Crippen molar-refractivity contribution in [2.45, 2.75) is 64.1 Å². The van der Waals surface area contributed by atoms with Crippen molar-refractivity contribution in [2.24, 2.45) is 5.92 Å². The number of pyridine rings is 1. The van der Waals surface area contributed by atoms with E-state index in [2.05, 4.69) is 27.9 Å². The summed E-state index contributed by atoms with van der Waals surface area (Å²) in [6.45, 7) is 2.66. The number of carbonyl (C=O) groups is 2. The van der Waals surface area contributed by atoms with Crippen LogP contribution in [-0.2, 0) is 34.0 Å². The van der Waals surface area contributed by atoms with E-state index >= 15 is 0 Å². The molecule has 1 saturated carbocycles. The predicted octanol–water partition coefficient (Wildman–Crippen LogP) is 4.02. The first-order valence-corrected chi connectivity index (χ1v) is 10.9. The molecule has 2 aromatic heterocycles. The van der Waals surface area contributed by atoms with Gasteiger partial charge in [0.1, 0.15) is 0 Å². The summed E-state index contributed by atoms with van der Waals surface area (Å²) in [4.78, 5) is 28.0. The molecule has 0 spiro atoms. The Morgan fingerprint density at radius 2 is 1.88 bits per heavy atom. The fourth-order valence-electron chi connectivity index (χ4n) is 4.14. The average molecular weight is 467 g/mol. The molecule has 2 aromatic rings. The lowest BCUT2D eigenvalue weighted by Crippen LogP contribution is -2.37. The Morgan fingerprint density at radius 1 is 1.15 bits per heavy atom. The van der Waals surface area contributed by atoms with Gasteiger partial charge in [0.2, 0.25) is 5.91 Å². The molecule has 0 radical (unpaired) electrons. The minimum Gasteiger partial charge on any atom is -0.475 e. The molecular weight excluding hydrogens is 439 g/mol. The highest BCUT2D eigenvalue weighted by Gasteiger charge is 2.38. The van der Waals surface area contributed by atoms with Crippen molar-refractivity contribution >= 4 is 11.9 Å². The Labute approximate surface area is 190 Å². The van der Waals surface area contributed by atoms with Crippen LogP contribution in [0.3, 0.4) is 0 Å². The lowest BCUT2D eigenvalue weighted by atomic mass is 10.0. The second kappa shape index (κ2) is 11.3. The highest BCUT2D eigenvalue weighted by molar-refractivity contribution is 5.76. The highest BCUT2D eigenvalue weighted by Crippen LogP contribution is 2.29. The number of hydrogen-bond acceptors (Lipinski definition) is 4. The van der Waals surface area contributed by atoms with Crippen LogP contribution in [0.5, 0.6) is 0 Å². The van der Waals surface area contributed by atoms with E-state index in [1.54, 1.807) is 6.20 Å². The third-order valence-electron chi connectivity index (χ3n) is 5.84. The summed E-state index contributed by atoms with van der Waals surface area (Å²) in [7, 11) is 0. The minimum absolute atomic E-state index is 0.00335. The Hall–Kier alpha value is -2.88. The molecule has 4 rings (SSSR count). The molecule has 0 saturated heterocycles. The number of rotatable bonds is 5. The fourth-order valence-corrected chi connectivity index (χ4v) is 4.14. The quantitative estimate of drug-likeness (QED) is 0.718.